The number of hydrogen-bond acceptors (Lipinski definition) is 1. The second kappa shape index (κ2) is 10.1. The summed E-state index contributed by atoms with van der Waals surface area (Å²) < 4.78 is 6.20. The molecule has 44 heavy (non-hydrogen) atoms. The lowest BCUT2D eigenvalue weighted by Gasteiger charge is -2.25. The van der Waals surface area contributed by atoms with Gasteiger partial charge in [-0.1, -0.05) is 108 Å². The number of benzene rings is 7. The second-order valence-corrected chi connectivity index (χ2v) is 11.1. The largest absolute Gasteiger partial charge is 0.456 e. The van der Waals surface area contributed by atoms with Crippen LogP contribution in [0.15, 0.2) is 120 Å². The van der Waals surface area contributed by atoms with Gasteiger partial charge in [0.05, 0.1) is 0 Å². The van der Waals surface area contributed by atoms with Crippen LogP contribution in [0.1, 0.15) is 0 Å². The van der Waals surface area contributed by atoms with E-state index in [-0.39, 0.29) is 16.4 Å². The van der Waals surface area contributed by atoms with Crippen molar-refractivity contribution in [3.8, 4) is 33.4 Å². The molecule has 0 bridgehead atoms. The summed E-state index contributed by atoms with van der Waals surface area (Å²) in [5.74, 6) is 0. The van der Waals surface area contributed by atoms with Gasteiger partial charge >= 0.3 is 0 Å². The highest BCUT2D eigenvalue weighted by molar-refractivity contribution is 6.69. The Kier molecular flexibility index (Phi) is 6.17. The average molecular weight is 546 g/mol. The first-order chi connectivity index (χ1) is 21.4. The predicted octanol–water partition coefficient (Wildman–Crippen LogP) is 4.86. The fourth-order valence-corrected chi connectivity index (χ4v) is 6.69. The Bertz CT molecular complexity index is 2370. The SMILES string of the molecule is [B]c1c([B])c([B])c(-c2c3ccccc3c(-c3cccc(-c4cccc5oc6ccccc6c45)c3)c3ccccc23)c([B])c1[B]. The predicted molar refractivity (Wildman–Crippen MR) is 192 cm³/mol. The maximum absolute atomic E-state index is 6.63. The van der Waals surface area contributed by atoms with Crippen LogP contribution in [0.5, 0.6) is 0 Å². The molecule has 0 N–H and O–H groups in total. The van der Waals surface area contributed by atoms with Gasteiger partial charge in [0.1, 0.15) is 50.4 Å². The molecule has 0 saturated carbocycles. The topological polar surface area (TPSA) is 13.1 Å². The highest BCUT2D eigenvalue weighted by atomic mass is 16.3. The standard InChI is InChI=1S/C38H19B5O/c39-34-33(35(40)37(42)38(43)36(34)41)32-25-13-3-1-11-23(25)30(24-12-2-4-14-26(24)32)21-10-7-9-20(19-21)22-16-8-18-29-31(22)27-15-5-6-17-28(27)44-29/h1-19H. The van der Waals surface area contributed by atoms with E-state index in [1.165, 1.54) is 0 Å². The lowest BCUT2D eigenvalue weighted by molar-refractivity contribution is 0.669. The van der Waals surface area contributed by atoms with Crippen LogP contribution in [-0.2, 0) is 0 Å². The highest BCUT2D eigenvalue weighted by Gasteiger charge is 2.21. The summed E-state index contributed by atoms with van der Waals surface area (Å²) in [6, 6.07) is 39.6. The van der Waals surface area contributed by atoms with Crippen molar-refractivity contribution in [1.82, 2.24) is 0 Å². The molecule has 10 radical (unpaired) electrons. The Morgan fingerprint density at radius 1 is 0.364 bits per heavy atom. The van der Waals surface area contributed by atoms with Crippen molar-refractivity contribution < 1.29 is 4.42 Å². The molecule has 0 aliphatic carbocycles. The minimum absolute atomic E-state index is 0.200. The van der Waals surface area contributed by atoms with Crippen LogP contribution in [0.25, 0.3) is 76.9 Å². The van der Waals surface area contributed by atoms with Crippen molar-refractivity contribution in [2.24, 2.45) is 0 Å². The van der Waals surface area contributed by atoms with Crippen molar-refractivity contribution in [3.63, 3.8) is 0 Å². The molecule has 6 heteroatoms. The first-order valence-corrected chi connectivity index (χ1v) is 14.4. The highest BCUT2D eigenvalue weighted by Crippen LogP contribution is 2.44. The van der Waals surface area contributed by atoms with Crippen molar-refractivity contribution in [2.75, 3.05) is 0 Å². The molecular formula is C38H19B5O. The van der Waals surface area contributed by atoms with E-state index < -0.39 is 0 Å². The fourth-order valence-electron chi connectivity index (χ4n) is 6.69. The Morgan fingerprint density at radius 3 is 1.48 bits per heavy atom. The number of rotatable bonds is 3. The van der Waals surface area contributed by atoms with Crippen LogP contribution in [0.2, 0.25) is 0 Å². The van der Waals surface area contributed by atoms with E-state index in [1.807, 2.05) is 54.6 Å². The van der Waals surface area contributed by atoms with E-state index >= 15 is 0 Å². The Labute approximate surface area is 262 Å². The zero-order valence-electron chi connectivity index (χ0n) is 23.8. The summed E-state index contributed by atoms with van der Waals surface area (Å²) in [7, 11) is 32.1. The summed E-state index contributed by atoms with van der Waals surface area (Å²) in [5, 5.41) is 6.28. The van der Waals surface area contributed by atoms with Crippen molar-refractivity contribution in [2.45, 2.75) is 0 Å². The molecule has 0 saturated heterocycles. The van der Waals surface area contributed by atoms with Gasteiger partial charge < -0.3 is 4.42 Å². The van der Waals surface area contributed by atoms with Crippen LogP contribution in [-0.4, -0.2) is 39.2 Å². The normalized spacial score (nSPS) is 11.6. The molecule has 0 spiro atoms. The molecule has 192 valence electrons. The van der Waals surface area contributed by atoms with Gasteiger partial charge in [0.25, 0.3) is 0 Å². The van der Waals surface area contributed by atoms with Gasteiger partial charge in [-0.05, 0) is 73.1 Å². The van der Waals surface area contributed by atoms with Gasteiger partial charge in [-0.2, -0.15) is 0 Å². The average Bonchev–Trinajstić information content (AvgIpc) is 3.45. The molecule has 0 unspecified atom stereocenters. The van der Waals surface area contributed by atoms with Gasteiger partial charge in [-0.25, -0.2) is 0 Å². The van der Waals surface area contributed by atoms with Crippen molar-refractivity contribution in [1.29, 1.82) is 0 Å². The molecule has 1 nitrogen and oxygen atoms in total. The van der Waals surface area contributed by atoms with E-state index in [9.17, 15) is 0 Å². The molecule has 0 amide bonds. The summed E-state index contributed by atoms with van der Waals surface area (Å²) in [5.41, 5.74) is 8.94. The summed E-state index contributed by atoms with van der Waals surface area (Å²) in [4.78, 5) is 0. The number of furan rings is 1. The molecule has 8 rings (SSSR count). The Hall–Kier alpha value is -4.82. The molecule has 8 aromatic rings. The lowest BCUT2D eigenvalue weighted by atomic mass is 9.59. The van der Waals surface area contributed by atoms with Crippen LogP contribution in [0.3, 0.4) is 0 Å². The summed E-state index contributed by atoms with van der Waals surface area (Å²) >= 11 is 0. The summed E-state index contributed by atoms with van der Waals surface area (Å²) in [6.07, 6.45) is 0. The van der Waals surface area contributed by atoms with Gasteiger partial charge in [0.2, 0.25) is 0 Å². The van der Waals surface area contributed by atoms with Gasteiger partial charge in [0.15, 0.2) is 0 Å². The van der Waals surface area contributed by atoms with Crippen LogP contribution in [0.4, 0.5) is 0 Å². The number of para-hydroxylation sites is 1. The fraction of sp³-hybridized carbons (Fsp3) is 0. The maximum Gasteiger partial charge on any atom is 0.136 e. The molecular weight excluding hydrogens is 526 g/mol. The second-order valence-electron chi connectivity index (χ2n) is 11.1. The summed E-state index contributed by atoms with van der Waals surface area (Å²) in [6.45, 7) is 0. The van der Waals surface area contributed by atoms with E-state index in [4.69, 9.17) is 43.6 Å². The Morgan fingerprint density at radius 2 is 0.841 bits per heavy atom. The molecule has 7 aromatic carbocycles. The Balaban J connectivity index is 1.45. The van der Waals surface area contributed by atoms with E-state index in [0.29, 0.717) is 16.5 Å². The van der Waals surface area contributed by atoms with E-state index in [0.717, 1.165) is 71.3 Å². The van der Waals surface area contributed by atoms with Crippen molar-refractivity contribution in [3.05, 3.63) is 115 Å². The van der Waals surface area contributed by atoms with Gasteiger partial charge in [-0.15, -0.1) is 16.4 Å². The minimum Gasteiger partial charge on any atom is -0.456 e. The van der Waals surface area contributed by atoms with Crippen LogP contribution < -0.4 is 27.3 Å². The smallest absolute Gasteiger partial charge is 0.136 e. The molecule has 1 heterocycles. The van der Waals surface area contributed by atoms with Gasteiger partial charge in [-0.3, -0.25) is 0 Å². The number of hydrogen-bond donors (Lipinski definition) is 0. The zero-order chi connectivity index (χ0) is 30.1. The van der Waals surface area contributed by atoms with Gasteiger partial charge in [0, 0.05) is 10.8 Å². The monoisotopic (exact) mass is 546 g/mol. The minimum atomic E-state index is 0.200. The third kappa shape index (κ3) is 3.87. The van der Waals surface area contributed by atoms with Crippen LogP contribution in [0, 0.1) is 0 Å². The van der Waals surface area contributed by atoms with Crippen LogP contribution >= 0.6 is 0 Å². The first-order valence-electron chi connectivity index (χ1n) is 14.4. The van der Waals surface area contributed by atoms with E-state index in [1.54, 1.807) is 0 Å². The zero-order valence-corrected chi connectivity index (χ0v) is 23.8. The third-order valence-electron chi connectivity index (χ3n) is 8.75. The third-order valence-corrected chi connectivity index (χ3v) is 8.75. The first kappa shape index (κ1) is 26.8. The number of fused-ring (bicyclic) bond motifs is 5. The lowest BCUT2D eigenvalue weighted by Crippen LogP contribution is -2.55. The molecule has 0 aliphatic heterocycles. The molecule has 0 aliphatic rings. The van der Waals surface area contributed by atoms with Crippen molar-refractivity contribution >= 4 is 110 Å². The maximum atomic E-state index is 6.63. The molecule has 1 aromatic heterocycles. The molecule has 0 atom stereocenters. The molecule has 0 fully saturated rings. The van der Waals surface area contributed by atoms with E-state index in [2.05, 4.69) is 60.7 Å². The quantitative estimate of drug-likeness (QED) is 0.228.